The van der Waals surface area contributed by atoms with Crippen molar-refractivity contribution in [3.05, 3.63) is 54.4 Å². The minimum absolute atomic E-state index is 0.0126. The number of carbonyl (C=O) groups excluding carboxylic acids is 1. The average molecular weight is 365 g/mol. The van der Waals surface area contributed by atoms with Gasteiger partial charge in [0, 0.05) is 63.4 Å². The Labute approximate surface area is 160 Å². The minimum Gasteiger partial charge on any atom is -0.372 e. The van der Waals surface area contributed by atoms with Crippen LogP contribution >= 0.6 is 0 Å². The molecule has 2 fully saturated rings. The fourth-order valence-electron chi connectivity index (χ4n) is 3.76. The summed E-state index contributed by atoms with van der Waals surface area (Å²) in [5, 5.41) is 3.03. The summed E-state index contributed by atoms with van der Waals surface area (Å²) >= 11 is 0. The van der Waals surface area contributed by atoms with Gasteiger partial charge in [-0.15, -0.1) is 0 Å². The lowest BCUT2D eigenvalue weighted by Gasteiger charge is -2.34. The van der Waals surface area contributed by atoms with Crippen molar-refractivity contribution in [2.24, 2.45) is 0 Å². The zero-order chi connectivity index (χ0) is 18.5. The fraction of sp³-hybridized carbons (Fsp3) is 0.429. The van der Waals surface area contributed by atoms with E-state index in [0.717, 1.165) is 57.2 Å². The molecule has 1 aromatic carbocycles. The number of nitrogens with one attached hydrogen (secondary N) is 1. The van der Waals surface area contributed by atoms with Gasteiger partial charge in [0.15, 0.2) is 0 Å². The van der Waals surface area contributed by atoms with Crippen LogP contribution in [-0.2, 0) is 6.54 Å². The van der Waals surface area contributed by atoms with Crippen LogP contribution in [0.2, 0.25) is 0 Å². The van der Waals surface area contributed by atoms with Crippen LogP contribution in [0.5, 0.6) is 0 Å². The molecule has 0 spiro atoms. The third-order valence-electron chi connectivity index (χ3n) is 5.36. The monoisotopic (exact) mass is 365 g/mol. The van der Waals surface area contributed by atoms with E-state index in [1.54, 1.807) is 0 Å². The van der Waals surface area contributed by atoms with Crippen molar-refractivity contribution in [3.63, 3.8) is 0 Å². The van der Waals surface area contributed by atoms with E-state index in [0.29, 0.717) is 0 Å². The van der Waals surface area contributed by atoms with Crippen molar-refractivity contribution in [1.29, 1.82) is 0 Å². The second kappa shape index (κ2) is 8.39. The first-order valence-electron chi connectivity index (χ1n) is 9.81. The van der Waals surface area contributed by atoms with Crippen molar-refractivity contribution in [3.8, 4) is 0 Å². The third kappa shape index (κ3) is 4.57. The summed E-state index contributed by atoms with van der Waals surface area (Å²) in [6.07, 6.45) is 4.36. The molecule has 142 valence electrons. The zero-order valence-corrected chi connectivity index (χ0v) is 15.7. The van der Waals surface area contributed by atoms with Crippen LogP contribution in [0.1, 0.15) is 18.5 Å². The molecule has 0 aliphatic carbocycles. The normalized spacial score (nSPS) is 17.9. The van der Waals surface area contributed by atoms with Gasteiger partial charge in [-0.2, -0.15) is 0 Å². The number of nitrogens with zero attached hydrogens (tertiary/aromatic N) is 4. The van der Waals surface area contributed by atoms with Crippen LogP contribution in [0.3, 0.4) is 0 Å². The maximum atomic E-state index is 12.5. The first-order chi connectivity index (χ1) is 13.3. The zero-order valence-electron chi connectivity index (χ0n) is 15.7. The molecule has 1 N–H and O–H groups in total. The van der Waals surface area contributed by atoms with Crippen molar-refractivity contribution >= 4 is 17.4 Å². The second-order valence-corrected chi connectivity index (χ2v) is 7.26. The lowest BCUT2D eigenvalue weighted by Crippen LogP contribution is -2.49. The van der Waals surface area contributed by atoms with E-state index in [1.165, 1.54) is 18.5 Å². The van der Waals surface area contributed by atoms with Crippen molar-refractivity contribution < 1.29 is 4.79 Å². The Kier molecular flexibility index (Phi) is 5.53. The van der Waals surface area contributed by atoms with E-state index >= 15 is 0 Å². The molecule has 0 bridgehead atoms. The van der Waals surface area contributed by atoms with E-state index in [-0.39, 0.29) is 6.03 Å². The SMILES string of the molecule is O=C(Nc1ccc(N2CCCC2)cc1)N1CCN(Cc2ccccn2)CC1. The van der Waals surface area contributed by atoms with Gasteiger partial charge in [-0.25, -0.2) is 4.79 Å². The average Bonchev–Trinajstić information content (AvgIpc) is 3.25. The lowest BCUT2D eigenvalue weighted by molar-refractivity contribution is 0.142. The molecule has 2 amide bonds. The summed E-state index contributed by atoms with van der Waals surface area (Å²) in [6, 6.07) is 14.2. The molecule has 6 heteroatoms. The third-order valence-corrected chi connectivity index (χ3v) is 5.36. The number of aromatic nitrogens is 1. The van der Waals surface area contributed by atoms with Crippen LogP contribution < -0.4 is 10.2 Å². The topological polar surface area (TPSA) is 51.7 Å². The van der Waals surface area contributed by atoms with E-state index in [4.69, 9.17) is 0 Å². The van der Waals surface area contributed by atoms with Crippen LogP contribution in [-0.4, -0.2) is 60.1 Å². The smallest absolute Gasteiger partial charge is 0.321 e. The number of piperazine rings is 1. The molecule has 0 radical (unpaired) electrons. The molecular formula is C21H27N5O. The summed E-state index contributed by atoms with van der Waals surface area (Å²) in [4.78, 5) is 23.6. The molecule has 0 atom stereocenters. The highest BCUT2D eigenvalue weighted by molar-refractivity contribution is 5.89. The molecule has 4 rings (SSSR count). The summed E-state index contributed by atoms with van der Waals surface area (Å²) in [5.41, 5.74) is 3.18. The van der Waals surface area contributed by atoms with Gasteiger partial charge in [-0.3, -0.25) is 9.88 Å². The maximum absolute atomic E-state index is 12.5. The van der Waals surface area contributed by atoms with E-state index in [1.807, 2.05) is 41.4 Å². The van der Waals surface area contributed by atoms with Gasteiger partial charge in [-0.05, 0) is 49.2 Å². The number of anilines is 2. The van der Waals surface area contributed by atoms with Crippen LogP contribution in [0.4, 0.5) is 16.2 Å². The van der Waals surface area contributed by atoms with Crippen LogP contribution in [0.25, 0.3) is 0 Å². The Morgan fingerprint density at radius 3 is 2.33 bits per heavy atom. The largest absolute Gasteiger partial charge is 0.372 e. The Morgan fingerprint density at radius 1 is 0.926 bits per heavy atom. The molecular weight excluding hydrogens is 338 g/mol. The number of hydrogen-bond donors (Lipinski definition) is 1. The highest BCUT2D eigenvalue weighted by atomic mass is 16.2. The first-order valence-corrected chi connectivity index (χ1v) is 9.81. The quantitative estimate of drug-likeness (QED) is 0.905. The number of hydrogen-bond acceptors (Lipinski definition) is 4. The van der Waals surface area contributed by atoms with Gasteiger partial charge in [0.1, 0.15) is 0 Å². The van der Waals surface area contributed by atoms with Gasteiger partial charge in [0.25, 0.3) is 0 Å². The predicted molar refractivity (Wildman–Crippen MR) is 108 cm³/mol. The molecule has 6 nitrogen and oxygen atoms in total. The predicted octanol–water partition coefficient (Wildman–Crippen LogP) is 3.03. The molecule has 27 heavy (non-hydrogen) atoms. The number of pyridine rings is 1. The van der Waals surface area contributed by atoms with Gasteiger partial charge in [0.2, 0.25) is 0 Å². The van der Waals surface area contributed by atoms with E-state index in [2.05, 4.69) is 32.2 Å². The Hall–Kier alpha value is -2.60. The fourth-order valence-corrected chi connectivity index (χ4v) is 3.76. The number of carbonyl (C=O) groups is 1. The van der Waals surface area contributed by atoms with Crippen molar-refractivity contribution in [2.45, 2.75) is 19.4 Å². The van der Waals surface area contributed by atoms with Gasteiger partial charge in [0.05, 0.1) is 5.69 Å². The number of urea groups is 1. The molecule has 0 unspecified atom stereocenters. The van der Waals surface area contributed by atoms with Gasteiger partial charge < -0.3 is 15.1 Å². The van der Waals surface area contributed by atoms with Crippen molar-refractivity contribution in [1.82, 2.24) is 14.8 Å². The Balaban J connectivity index is 1.25. The summed E-state index contributed by atoms with van der Waals surface area (Å²) in [5.74, 6) is 0. The lowest BCUT2D eigenvalue weighted by atomic mass is 10.2. The second-order valence-electron chi connectivity index (χ2n) is 7.26. The standard InChI is InChI=1S/C21H27N5O/c27-21(23-18-6-8-20(9-7-18)25-11-3-4-12-25)26-15-13-24(14-16-26)17-19-5-1-2-10-22-19/h1-2,5-10H,3-4,11-17H2,(H,23,27). The molecule has 3 heterocycles. The molecule has 2 aliphatic rings. The molecule has 2 saturated heterocycles. The van der Waals surface area contributed by atoms with Crippen LogP contribution in [0.15, 0.2) is 48.7 Å². The first kappa shape index (κ1) is 17.8. The highest BCUT2D eigenvalue weighted by Gasteiger charge is 2.21. The number of rotatable bonds is 4. The summed E-state index contributed by atoms with van der Waals surface area (Å²) in [7, 11) is 0. The van der Waals surface area contributed by atoms with E-state index in [9.17, 15) is 4.79 Å². The molecule has 2 aliphatic heterocycles. The number of benzene rings is 1. The minimum atomic E-state index is -0.0126. The van der Waals surface area contributed by atoms with Gasteiger partial charge in [-0.1, -0.05) is 6.07 Å². The number of amides is 2. The summed E-state index contributed by atoms with van der Waals surface area (Å²) in [6.45, 7) is 6.34. The summed E-state index contributed by atoms with van der Waals surface area (Å²) < 4.78 is 0. The molecule has 2 aromatic rings. The van der Waals surface area contributed by atoms with Crippen LogP contribution in [0, 0.1) is 0 Å². The highest BCUT2D eigenvalue weighted by Crippen LogP contribution is 2.22. The Bertz CT molecular complexity index is 735. The van der Waals surface area contributed by atoms with Gasteiger partial charge >= 0.3 is 6.03 Å². The molecule has 0 saturated carbocycles. The maximum Gasteiger partial charge on any atom is 0.321 e. The Morgan fingerprint density at radius 2 is 1.67 bits per heavy atom. The molecule has 1 aromatic heterocycles. The van der Waals surface area contributed by atoms with E-state index < -0.39 is 0 Å². The van der Waals surface area contributed by atoms with Crippen molar-refractivity contribution in [2.75, 3.05) is 49.5 Å².